The van der Waals surface area contributed by atoms with Gasteiger partial charge in [0.05, 0.1) is 0 Å². The van der Waals surface area contributed by atoms with Crippen molar-refractivity contribution in [1.29, 1.82) is 0 Å². The minimum Gasteiger partial charge on any atom is -0.289 e. The van der Waals surface area contributed by atoms with Crippen LogP contribution >= 0.6 is 0 Å². The second kappa shape index (κ2) is 3.92. The van der Waals surface area contributed by atoms with Gasteiger partial charge in [-0.3, -0.25) is 4.79 Å². The monoisotopic (exact) mass is 248 g/mol. The molecule has 1 nitrogen and oxygen atoms in total. The Morgan fingerprint density at radius 1 is 1.05 bits per heavy atom. The van der Waals surface area contributed by atoms with Crippen LogP contribution in [0, 0.1) is 0 Å². The summed E-state index contributed by atoms with van der Waals surface area (Å²) in [6.07, 6.45) is 1.37. The molecule has 0 bridgehead atoms. The lowest BCUT2D eigenvalue weighted by molar-refractivity contribution is 0.104. The van der Waals surface area contributed by atoms with Crippen LogP contribution in [0.2, 0.25) is 0 Å². The Balaban J connectivity index is 2.27. The molecule has 0 radical (unpaired) electrons. The summed E-state index contributed by atoms with van der Waals surface area (Å²) in [4.78, 5) is 11.8. The first-order valence-corrected chi connectivity index (χ1v) is 6.47. The number of fused-ring (bicyclic) bond motifs is 3. The van der Waals surface area contributed by atoms with E-state index < -0.39 is 0 Å². The van der Waals surface area contributed by atoms with E-state index in [0.29, 0.717) is 0 Å². The standard InChI is InChI=1S/C18H16O/c1-4-17(19)12-9-10-14-13-7-5-6-8-15(13)18(2,3)16(14)11-12/h4-11H,1H2,2-3H3. The summed E-state index contributed by atoms with van der Waals surface area (Å²) in [6.45, 7) is 7.97. The van der Waals surface area contributed by atoms with Gasteiger partial charge in [-0.2, -0.15) is 0 Å². The lowest BCUT2D eigenvalue weighted by Crippen LogP contribution is -2.15. The van der Waals surface area contributed by atoms with Crippen molar-refractivity contribution in [2.24, 2.45) is 0 Å². The Kier molecular flexibility index (Phi) is 2.46. The fraction of sp³-hybridized carbons (Fsp3) is 0.167. The molecule has 0 heterocycles. The summed E-state index contributed by atoms with van der Waals surface area (Å²) in [5.41, 5.74) is 5.73. The van der Waals surface area contributed by atoms with Crippen LogP contribution < -0.4 is 0 Å². The normalized spacial score (nSPS) is 14.6. The molecule has 0 atom stereocenters. The number of allylic oxidation sites excluding steroid dienone is 1. The van der Waals surface area contributed by atoms with Crippen molar-refractivity contribution >= 4 is 5.78 Å². The molecule has 0 aliphatic heterocycles. The molecule has 0 aromatic heterocycles. The maximum atomic E-state index is 11.8. The molecule has 0 amide bonds. The van der Waals surface area contributed by atoms with Gasteiger partial charge >= 0.3 is 0 Å². The lowest BCUT2D eigenvalue weighted by atomic mass is 9.82. The predicted molar refractivity (Wildman–Crippen MR) is 78.5 cm³/mol. The zero-order valence-electron chi connectivity index (χ0n) is 11.2. The van der Waals surface area contributed by atoms with Crippen LogP contribution in [0.25, 0.3) is 11.1 Å². The lowest BCUT2D eigenvalue weighted by Gasteiger charge is -2.21. The summed E-state index contributed by atoms with van der Waals surface area (Å²) in [5, 5.41) is 0. The predicted octanol–water partition coefficient (Wildman–Crippen LogP) is 4.36. The minimum absolute atomic E-state index is 0.0189. The molecule has 1 heteroatoms. The van der Waals surface area contributed by atoms with Crippen molar-refractivity contribution < 1.29 is 4.79 Å². The van der Waals surface area contributed by atoms with Gasteiger partial charge in [0.25, 0.3) is 0 Å². The van der Waals surface area contributed by atoms with E-state index in [0.717, 1.165) is 5.56 Å². The molecule has 2 aromatic carbocycles. The van der Waals surface area contributed by atoms with E-state index in [1.165, 1.54) is 28.3 Å². The van der Waals surface area contributed by atoms with E-state index in [1.54, 1.807) is 0 Å². The van der Waals surface area contributed by atoms with Gasteiger partial charge in [-0.1, -0.05) is 56.8 Å². The van der Waals surface area contributed by atoms with Gasteiger partial charge in [-0.05, 0) is 34.4 Å². The highest BCUT2D eigenvalue weighted by molar-refractivity contribution is 6.05. The Hall–Kier alpha value is -2.15. The largest absolute Gasteiger partial charge is 0.289 e. The molecule has 0 unspecified atom stereocenters. The summed E-state index contributed by atoms with van der Waals surface area (Å²) < 4.78 is 0. The van der Waals surface area contributed by atoms with E-state index in [4.69, 9.17) is 0 Å². The minimum atomic E-state index is -0.0522. The SMILES string of the molecule is C=CC(=O)c1ccc2c(c1)C(C)(C)c1ccccc1-2. The number of benzene rings is 2. The fourth-order valence-electron chi connectivity index (χ4n) is 2.98. The molecule has 0 N–H and O–H groups in total. The van der Waals surface area contributed by atoms with Crippen molar-refractivity contribution in [1.82, 2.24) is 0 Å². The summed E-state index contributed by atoms with van der Waals surface area (Å²) in [5.74, 6) is -0.0189. The molecular formula is C18H16O. The number of ketones is 1. The van der Waals surface area contributed by atoms with Crippen LogP contribution in [0.1, 0.15) is 35.3 Å². The highest BCUT2D eigenvalue weighted by Crippen LogP contribution is 2.48. The maximum Gasteiger partial charge on any atom is 0.185 e. The summed E-state index contributed by atoms with van der Waals surface area (Å²) in [6, 6.07) is 14.4. The zero-order valence-corrected chi connectivity index (χ0v) is 11.2. The fourth-order valence-corrected chi connectivity index (χ4v) is 2.98. The number of carbonyl (C=O) groups excluding carboxylic acids is 1. The number of rotatable bonds is 2. The highest BCUT2D eigenvalue weighted by Gasteiger charge is 2.35. The van der Waals surface area contributed by atoms with Crippen LogP contribution in [0.3, 0.4) is 0 Å². The molecule has 1 aliphatic carbocycles. The third-order valence-corrected chi connectivity index (χ3v) is 4.05. The van der Waals surface area contributed by atoms with Crippen LogP contribution in [-0.2, 0) is 5.41 Å². The Bertz CT molecular complexity index is 693. The van der Waals surface area contributed by atoms with E-state index >= 15 is 0 Å². The highest BCUT2D eigenvalue weighted by atomic mass is 16.1. The van der Waals surface area contributed by atoms with Crippen LogP contribution in [-0.4, -0.2) is 5.78 Å². The van der Waals surface area contributed by atoms with Crippen LogP contribution in [0.15, 0.2) is 55.1 Å². The first-order valence-electron chi connectivity index (χ1n) is 6.47. The van der Waals surface area contributed by atoms with Crippen molar-refractivity contribution in [3.05, 3.63) is 71.8 Å². The molecule has 94 valence electrons. The molecule has 0 saturated carbocycles. The van der Waals surface area contributed by atoms with E-state index in [2.05, 4.69) is 50.8 Å². The first-order chi connectivity index (χ1) is 9.05. The molecule has 19 heavy (non-hydrogen) atoms. The molecule has 0 saturated heterocycles. The molecule has 3 rings (SSSR count). The summed E-state index contributed by atoms with van der Waals surface area (Å²) >= 11 is 0. The van der Waals surface area contributed by atoms with Crippen molar-refractivity contribution in [2.45, 2.75) is 19.3 Å². The van der Waals surface area contributed by atoms with Gasteiger partial charge in [0, 0.05) is 11.0 Å². The summed E-state index contributed by atoms with van der Waals surface area (Å²) in [7, 11) is 0. The quantitative estimate of drug-likeness (QED) is 0.570. The Morgan fingerprint density at radius 2 is 1.74 bits per heavy atom. The van der Waals surface area contributed by atoms with Gasteiger partial charge in [0.15, 0.2) is 5.78 Å². The van der Waals surface area contributed by atoms with E-state index in [9.17, 15) is 4.79 Å². The van der Waals surface area contributed by atoms with E-state index in [1.807, 2.05) is 12.1 Å². The number of hydrogen-bond acceptors (Lipinski definition) is 1. The number of hydrogen-bond donors (Lipinski definition) is 0. The van der Waals surface area contributed by atoms with Gasteiger partial charge in [0.2, 0.25) is 0 Å². The topological polar surface area (TPSA) is 17.1 Å². The molecular weight excluding hydrogens is 232 g/mol. The van der Waals surface area contributed by atoms with Crippen molar-refractivity contribution in [2.75, 3.05) is 0 Å². The molecule has 1 aliphatic rings. The zero-order chi connectivity index (χ0) is 13.6. The van der Waals surface area contributed by atoms with Crippen molar-refractivity contribution in [3.8, 4) is 11.1 Å². The van der Waals surface area contributed by atoms with Crippen molar-refractivity contribution in [3.63, 3.8) is 0 Å². The molecule has 0 fully saturated rings. The van der Waals surface area contributed by atoms with E-state index in [-0.39, 0.29) is 11.2 Å². The molecule has 0 spiro atoms. The maximum absolute atomic E-state index is 11.8. The van der Waals surface area contributed by atoms with Crippen LogP contribution in [0.5, 0.6) is 0 Å². The Labute approximate surface area is 113 Å². The third-order valence-electron chi connectivity index (χ3n) is 4.05. The molecule has 2 aromatic rings. The average molecular weight is 248 g/mol. The van der Waals surface area contributed by atoms with Gasteiger partial charge in [-0.15, -0.1) is 0 Å². The number of carbonyl (C=O) groups is 1. The van der Waals surface area contributed by atoms with Gasteiger partial charge in [-0.25, -0.2) is 0 Å². The van der Waals surface area contributed by atoms with Gasteiger partial charge < -0.3 is 0 Å². The smallest absolute Gasteiger partial charge is 0.185 e. The Morgan fingerprint density at radius 3 is 2.47 bits per heavy atom. The first kappa shape index (κ1) is 11.9. The third kappa shape index (κ3) is 1.58. The van der Waals surface area contributed by atoms with Crippen LogP contribution in [0.4, 0.5) is 0 Å². The van der Waals surface area contributed by atoms with Gasteiger partial charge in [0.1, 0.15) is 0 Å². The second-order valence-corrected chi connectivity index (χ2v) is 5.50. The second-order valence-electron chi connectivity index (χ2n) is 5.50. The average Bonchev–Trinajstić information content (AvgIpc) is 2.67.